The van der Waals surface area contributed by atoms with Crippen LogP contribution in [0.1, 0.15) is 38.1 Å². The van der Waals surface area contributed by atoms with E-state index in [4.69, 9.17) is 4.42 Å². The molecule has 6 nitrogen and oxygen atoms in total. The molecule has 0 bridgehead atoms. The summed E-state index contributed by atoms with van der Waals surface area (Å²) in [5.74, 6) is 1.64. The van der Waals surface area contributed by atoms with E-state index in [1.807, 2.05) is 34.6 Å². The molecule has 0 amide bonds. The molecule has 0 saturated carbocycles. The minimum atomic E-state index is -0.285. The van der Waals surface area contributed by atoms with Crippen LogP contribution in [0.5, 0.6) is 0 Å². The molecule has 2 rings (SSSR count). The lowest BCUT2D eigenvalue weighted by molar-refractivity contribution is 0.383. The third-order valence-corrected chi connectivity index (χ3v) is 3.04. The van der Waals surface area contributed by atoms with Crippen LogP contribution >= 0.6 is 0 Å². The van der Waals surface area contributed by atoms with Gasteiger partial charge < -0.3 is 14.3 Å². The first-order valence-corrected chi connectivity index (χ1v) is 6.54. The predicted octanol–water partition coefficient (Wildman–Crippen LogP) is 2.22. The summed E-state index contributed by atoms with van der Waals surface area (Å²) < 4.78 is 7.11. The molecule has 2 aromatic heterocycles. The third kappa shape index (κ3) is 2.89. The number of aryl methyl sites for hydroxylation is 2. The highest BCUT2D eigenvalue weighted by Crippen LogP contribution is 2.12. The van der Waals surface area contributed by atoms with Crippen LogP contribution in [0.3, 0.4) is 0 Å². The van der Waals surface area contributed by atoms with Crippen molar-refractivity contribution in [2.45, 2.75) is 46.7 Å². The number of oxazole rings is 1. The number of aromatic nitrogens is 3. The van der Waals surface area contributed by atoms with Crippen LogP contribution in [-0.4, -0.2) is 14.5 Å². The summed E-state index contributed by atoms with van der Waals surface area (Å²) in [4.78, 5) is 20.6. The second-order valence-electron chi connectivity index (χ2n) is 5.72. The molecule has 108 valence electrons. The SMILES string of the molecule is Cc1nc(CNc2nccn(C(C)(C)C)c2=O)oc1C. The van der Waals surface area contributed by atoms with E-state index in [1.54, 1.807) is 17.0 Å². The fraction of sp³-hybridized carbons (Fsp3) is 0.500. The Balaban J connectivity index is 2.20. The molecular weight excluding hydrogens is 256 g/mol. The topological polar surface area (TPSA) is 73.0 Å². The van der Waals surface area contributed by atoms with Gasteiger partial charge in [0, 0.05) is 17.9 Å². The summed E-state index contributed by atoms with van der Waals surface area (Å²) in [6.07, 6.45) is 3.30. The standard InChI is InChI=1S/C14H20N4O2/c1-9-10(2)20-11(17-9)8-16-12-13(19)18(7-6-15-12)14(3,4)5/h6-7H,8H2,1-5H3,(H,15,16). The maximum atomic E-state index is 12.3. The van der Waals surface area contributed by atoms with Gasteiger partial charge in [-0.1, -0.05) is 0 Å². The smallest absolute Gasteiger partial charge is 0.293 e. The molecule has 0 spiro atoms. The average molecular weight is 276 g/mol. The van der Waals surface area contributed by atoms with Crippen LogP contribution in [0.4, 0.5) is 5.82 Å². The number of anilines is 1. The van der Waals surface area contributed by atoms with Gasteiger partial charge in [0.1, 0.15) is 5.76 Å². The zero-order valence-electron chi connectivity index (χ0n) is 12.5. The van der Waals surface area contributed by atoms with Crippen molar-refractivity contribution in [2.75, 3.05) is 5.32 Å². The predicted molar refractivity (Wildman–Crippen MR) is 76.8 cm³/mol. The zero-order valence-corrected chi connectivity index (χ0v) is 12.5. The van der Waals surface area contributed by atoms with Crippen molar-refractivity contribution in [3.05, 3.63) is 40.1 Å². The lowest BCUT2D eigenvalue weighted by Gasteiger charge is -2.22. The monoisotopic (exact) mass is 276 g/mol. The van der Waals surface area contributed by atoms with E-state index < -0.39 is 0 Å². The number of rotatable bonds is 3. The molecule has 0 fully saturated rings. The van der Waals surface area contributed by atoms with Crippen LogP contribution in [0.2, 0.25) is 0 Å². The Labute approximate surface area is 117 Å². The van der Waals surface area contributed by atoms with Gasteiger partial charge in [0.15, 0.2) is 5.82 Å². The molecule has 0 saturated heterocycles. The zero-order chi connectivity index (χ0) is 14.9. The number of hydrogen-bond donors (Lipinski definition) is 1. The summed E-state index contributed by atoms with van der Waals surface area (Å²) >= 11 is 0. The van der Waals surface area contributed by atoms with Crippen molar-refractivity contribution < 1.29 is 4.42 Å². The summed E-state index contributed by atoms with van der Waals surface area (Å²) in [5, 5.41) is 2.98. The van der Waals surface area contributed by atoms with Gasteiger partial charge in [-0.25, -0.2) is 9.97 Å². The van der Waals surface area contributed by atoms with Crippen molar-refractivity contribution in [1.29, 1.82) is 0 Å². The lowest BCUT2D eigenvalue weighted by atomic mass is 10.1. The Morgan fingerprint density at radius 3 is 2.60 bits per heavy atom. The van der Waals surface area contributed by atoms with Crippen molar-refractivity contribution in [3.8, 4) is 0 Å². The van der Waals surface area contributed by atoms with E-state index in [9.17, 15) is 4.79 Å². The molecule has 0 aliphatic heterocycles. The van der Waals surface area contributed by atoms with Gasteiger partial charge in [-0.15, -0.1) is 0 Å². The van der Waals surface area contributed by atoms with E-state index in [2.05, 4.69) is 15.3 Å². The molecule has 0 unspecified atom stereocenters. The number of hydrogen-bond acceptors (Lipinski definition) is 5. The molecule has 6 heteroatoms. The first kappa shape index (κ1) is 14.3. The van der Waals surface area contributed by atoms with Gasteiger partial charge in [0.2, 0.25) is 5.89 Å². The minimum Gasteiger partial charge on any atom is -0.444 e. The van der Waals surface area contributed by atoms with Crippen LogP contribution in [0.25, 0.3) is 0 Å². The molecule has 0 radical (unpaired) electrons. The van der Waals surface area contributed by atoms with E-state index in [0.717, 1.165) is 11.5 Å². The highest BCUT2D eigenvalue weighted by Gasteiger charge is 2.16. The molecule has 0 aliphatic rings. The average Bonchev–Trinajstić information content (AvgIpc) is 2.66. The largest absolute Gasteiger partial charge is 0.444 e. The Morgan fingerprint density at radius 1 is 1.35 bits per heavy atom. The van der Waals surface area contributed by atoms with Gasteiger partial charge >= 0.3 is 0 Å². The maximum absolute atomic E-state index is 12.3. The molecule has 20 heavy (non-hydrogen) atoms. The van der Waals surface area contributed by atoms with E-state index in [0.29, 0.717) is 18.3 Å². The van der Waals surface area contributed by atoms with Crippen LogP contribution in [0.15, 0.2) is 21.6 Å². The van der Waals surface area contributed by atoms with Crippen molar-refractivity contribution in [2.24, 2.45) is 0 Å². The summed E-state index contributed by atoms with van der Waals surface area (Å²) in [5.41, 5.74) is 0.418. The van der Waals surface area contributed by atoms with Gasteiger partial charge in [0.25, 0.3) is 5.56 Å². The summed E-state index contributed by atoms with van der Waals surface area (Å²) in [6, 6.07) is 0. The van der Waals surface area contributed by atoms with E-state index >= 15 is 0 Å². The van der Waals surface area contributed by atoms with Gasteiger partial charge in [-0.05, 0) is 34.6 Å². The lowest BCUT2D eigenvalue weighted by Crippen LogP contribution is -2.35. The van der Waals surface area contributed by atoms with Crippen LogP contribution < -0.4 is 10.9 Å². The molecule has 0 atom stereocenters. The molecule has 0 aliphatic carbocycles. The first-order chi connectivity index (χ1) is 9.29. The van der Waals surface area contributed by atoms with Gasteiger partial charge in [-0.2, -0.15) is 0 Å². The molecule has 1 N–H and O–H groups in total. The Hall–Kier alpha value is -2.11. The summed E-state index contributed by atoms with van der Waals surface area (Å²) in [6.45, 7) is 10.00. The second-order valence-corrected chi connectivity index (χ2v) is 5.72. The van der Waals surface area contributed by atoms with Crippen LogP contribution in [0, 0.1) is 13.8 Å². The Morgan fingerprint density at radius 2 is 2.05 bits per heavy atom. The fourth-order valence-electron chi connectivity index (χ4n) is 1.84. The van der Waals surface area contributed by atoms with E-state index in [1.165, 1.54) is 0 Å². The van der Waals surface area contributed by atoms with E-state index in [-0.39, 0.29) is 11.1 Å². The maximum Gasteiger partial charge on any atom is 0.293 e. The number of nitrogens with one attached hydrogen (secondary N) is 1. The number of nitrogens with zero attached hydrogens (tertiary/aromatic N) is 3. The molecule has 2 aromatic rings. The van der Waals surface area contributed by atoms with Crippen LogP contribution in [-0.2, 0) is 12.1 Å². The second kappa shape index (κ2) is 5.11. The van der Waals surface area contributed by atoms with Crippen molar-refractivity contribution >= 4 is 5.82 Å². The normalized spacial score (nSPS) is 11.7. The minimum absolute atomic E-state index is 0.153. The molecular formula is C14H20N4O2. The fourth-order valence-corrected chi connectivity index (χ4v) is 1.84. The highest BCUT2D eigenvalue weighted by molar-refractivity contribution is 5.31. The molecule has 0 aromatic carbocycles. The summed E-state index contributed by atoms with van der Waals surface area (Å²) in [7, 11) is 0. The molecule has 2 heterocycles. The third-order valence-electron chi connectivity index (χ3n) is 3.04. The highest BCUT2D eigenvalue weighted by atomic mass is 16.4. The van der Waals surface area contributed by atoms with Crippen molar-refractivity contribution in [3.63, 3.8) is 0 Å². The Kier molecular flexibility index (Phi) is 3.65. The quantitative estimate of drug-likeness (QED) is 0.930. The van der Waals surface area contributed by atoms with Gasteiger partial charge in [0.05, 0.1) is 12.2 Å². The Bertz CT molecular complexity index is 645. The first-order valence-electron chi connectivity index (χ1n) is 6.54. The van der Waals surface area contributed by atoms with Crippen molar-refractivity contribution in [1.82, 2.24) is 14.5 Å². The van der Waals surface area contributed by atoms with Gasteiger partial charge in [-0.3, -0.25) is 4.79 Å².